The molecule has 2 heterocycles. The molecule has 7 heteroatoms. The summed E-state index contributed by atoms with van der Waals surface area (Å²) >= 11 is 0. The molecule has 29 heavy (non-hydrogen) atoms. The van der Waals surface area contributed by atoms with Gasteiger partial charge in [0.05, 0.1) is 6.54 Å². The van der Waals surface area contributed by atoms with Gasteiger partial charge in [-0.05, 0) is 27.1 Å². The molecule has 0 spiro atoms. The van der Waals surface area contributed by atoms with Gasteiger partial charge in [0.2, 0.25) is 0 Å². The van der Waals surface area contributed by atoms with Crippen LogP contribution in [-0.2, 0) is 18.4 Å². The standard InChI is InChI=1S/C22H25N7/c1-5-19-23-21(22(2,3)4)26-29(19)14-15-10-12-16(13-11-15)17-8-6-7-9-18(17)20-24-27-28-25-20/h6-13H,5,14H2,1-4H3,(H,24,25,27,28). The van der Waals surface area contributed by atoms with Crippen LogP contribution in [-0.4, -0.2) is 35.4 Å². The van der Waals surface area contributed by atoms with Crippen LogP contribution in [0.5, 0.6) is 0 Å². The second-order valence-corrected chi connectivity index (χ2v) is 8.11. The van der Waals surface area contributed by atoms with E-state index in [1.807, 2.05) is 22.9 Å². The maximum Gasteiger partial charge on any atom is 0.180 e. The van der Waals surface area contributed by atoms with E-state index >= 15 is 0 Å². The Hall–Kier alpha value is -3.35. The van der Waals surface area contributed by atoms with Gasteiger partial charge in [0.25, 0.3) is 0 Å². The molecule has 7 nitrogen and oxygen atoms in total. The molecule has 0 saturated carbocycles. The fourth-order valence-electron chi connectivity index (χ4n) is 3.26. The molecular weight excluding hydrogens is 362 g/mol. The van der Waals surface area contributed by atoms with E-state index in [1.54, 1.807) is 0 Å². The van der Waals surface area contributed by atoms with Crippen LogP contribution in [0.2, 0.25) is 0 Å². The lowest BCUT2D eigenvalue weighted by Crippen LogP contribution is -2.14. The number of hydrogen-bond acceptors (Lipinski definition) is 5. The minimum absolute atomic E-state index is 0.0572. The van der Waals surface area contributed by atoms with Crippen molar-refractivity contribution in [2.75, 3.05) is 0 Å². The van der Waals surface area contributed by atoms with E-state index in [4.69, 9.17) is 10.1 Å². The topological polar surface area (TPSA) is 85.2 Å². The molecule has 0 atom stereocenters. The molecule has 2 aromatic heterocycles. The monoisotopic (exact) mass is 387 g/mol. The predicted octanol–water partition coefficient (Wildman–Crippen LogP) is 4.03. The van der Waals surface area contributed by atoms with Gasteiger partial charge in [-0.25, -0.2) is 14.8 Å². The number of aryl methyl sites for hydroxylation is 1. The lowest BCUT2D eigenvalue weighted by atomic mass is 9.96. The number of benzene rings is 2. The van der Waals surface area contributed by atoms with Crippen LogP contribution >= 0.6 is 0 Å². The Bertz CT molecular complexity index is 1090. The predicted molar refractivity (Wildman–Crippen MR) is 112 cm³/mol. The van der Waals surface area contributed by atoms with Crippen LogP contribution in [0.3, 0.4) is 0 Å². The molecule has 0 saturated heterocycles. The number of nitrogens with zero attached hydrogens (tertiary/aromatic N) is 6. The quantitative estimate of drug-likeness (QED) is 0.559. The molecule has 0 fully saturated rings. The number of nitrogens with one attached hydrogen (secondary N) is 1. The number of aromatic amines is 1. The highest BCUT2D eigenvalue weighted by atomic mass is 15.5. The minimum Gasteiger partial charge on any atom is -0.245 e. The lowest BCUT2D eigenvalue weighted by Gasteiger charge is -2.12. The van der Waals surface area contributed by atoms with Crippen molar-refractivity contribution in [1.29, 1.82) is 0 Å². The Kier molecular flexibility index (Phi) is 4.96. The Morgan fingerprint density at radius 1 is 0.966 bits per heavy atom. The third-order valence-corrected chi connectivity index (χ3v) is 4.86. The number of aromatic nitrogens is 7. The number of hydrogen-bond donors (Lipinski definition) is 1. The van der Waals surface area contributed by atoms with Gasteiger partial charge in [0.1, 0.15) is 5.82 Å². The first kappa shape index (κ1) is 19.0. The van der Waals surface area contributed by atoms with Gasteiger partial charge in [-0.2, -0.15) is 5.10 Å². The van der Waals surface area contributed by atoms with E-state index in [2.05, 4.69) is 78.7 Å². The van der Waals surface area contributed by atoms with Crippen molar-refractivity contribution in [1.82, 2.24) is 35.4 Å². The van der Waals surface area contributed by atoms with Gasteiger partial charge >= 0.3 is 0 Å². The second-order valence-electron chi connectivity index (χ2n) is 8.11. The number of rotatable bonds is 5. The SMILES string of the molecule is CCc1nc(C(C)(C)C)nn1Cc1ccc(-c2ccccc2-c2nnn[nH]2)cc1. The van der Waals surface area contributed by atoms with Crippen LogP contribution in [0.15, 0.2) is 48.5 Å². The van der Waals surface area contributed by atoms with E-state index in [0.717, 1.165) is 34.8 Å². The lowest BCUT2D eigenvalue weighted by molar-refractivity contribution is 0.532. The zero-order valence-electron chi connectivity index (χ0n) is 17.2. The molecule has 0 radical (unpaired) electrons. The molecule has 148 valence electrons. The van der Waals surface area contributed by atoms with Gasteiger partial charge < -0.3 is 0 Å². The average molecular weight is 387 g/mol. The van der Waals surface area contributed by atoms with Crippen molar-refractivity contribution in [2.24, 2.45) is 0 Å². The third-order valence-electron chi connectivity index (χ3n) is 4.86. The summed E-state index contributed by atoms with van der Waals surface area (Å²) in [6.45, 7) is 9.25. The van der Waals surface area contributed by atoms with Crippen molar-refractivity contribution in [3.8, 4) is 22.5 Å². The number of tetrazole rings is 1. The van der Waals surface area contributed by atoms with Gasteiger partial charge in [0, 0.05) is 17.4 Å². The highest BCUT2D eigenvalue weighted by Gasteiger charge is 2.21. The molecule has 0 aliphatic carbocycles. The summed E-state index contributed by atoms with van der Waals surface area (Å²) in [7, 11) is 0. The maximum atomic E-state index is 4.76. The van der Waals surface area contributed by atoms with Gasteiger partial charge in [-0.1, -0.05) is 76.2 Å². The second kappa shape index (κ2) is 7.58. The van der Waals surface area contributed by atoms with Crippen molar-refractivity contribution < 1.29 is 0 Å². The van der Waals surface area contributed by atoms with Crippen molar-refractivity contribution in [3.63, 3.8) is 0 Å². The van der Waals surface area contributed by atoms with E-state index in [0.29, 0.717) is 12.4 Å². The Morgan fingerprint density at radius 3 is 2.31 bits per heavy atom. The molecule has 0 amide bonds. The first-order chi connectivity index (χ1) is 14.0. The Balaban J connectivity index is 1.61. The molecule has 4 aromatic rings. The minimum atomic E-state index is -0.0572. The average Bonchev–Trinajstić information content (AvgIpc) is 3.38. The van der Waals surface area contributed by atoms with Crippen LogP contribution in [0.4, 0.5) is 0 Å². The van der Waals surface area contributed by atoms with Crippen LogP contribution < -0.4 is 0 Å². The fourth-order valence-corrected chi connectivity index (χ4v) is 3.26. The van der Waals surface area contributed by atoms with E-state index in [-0.39, 0.29) is 5.41 Å². The molecule has 2 aromatic carbocycles. The molecular formula is C22H25N7. The van der Waals surface area contributed by atoms with Crippen molar-refractivity contribution in [2.45, 2.75) is 46.1 Å². The van der Waals surface area contributed by atoms with Crippen molar-refractivity contribution in [3.05, 3.63) is 65.7 Å². The summed E-state index contributed by atoms with van der Waals surface area (Å²) in [5.41, 5.74) is 4.31. The van der Waals surface area contributed by atoms with Crippen LogP contribution in [0.25, 0.3) is 22.5 Å². The Labute approximate surface area is 170 Å². The third kappa shape index (κ3) is 3.94. The molecule has 4 rings (SSSR count). The van der Waals surface area contributed by atoms with Crippen LogP contribution in [0, 0.1) is 0 Å². The smallest absolute Gasteiger partial charge is 0.180 e. The number of H-pyrrole nitrogens is 1. The molecule has 1 N–H and O–H groups in total. The summed E-state index contributed by atoms with van der Waals surface area (Å²) in [5.74, 6) is 2.57. The summed E-state index contributed by atoms with van der Waals surface area (Å²) in [6.07, 6.45) is 0.861. The molecule has 0 unspecified atom stereocenters. The normalized spacial score (nSPS) is 11.7. The molecule has 0 bridgehead atoms. The van der Waals surface area contributed by atoms with E-state index in [1.165, 1.54) is 5.56 Å². The Morgan fingerprint density at radius 2 is 1.69 bits per heavy atom. The first-order valence-electron chi connectivity index (χ1n) is 9.82. The summed E-state index contributed by atoms with van der Waals surface area (Å²) in [4.78, 5) is 4.73. The zero-order valence-corrected chi connectivity index (χ0v) is 17.2. The van der Waals surface area contributed by atoms with Gasteiger partial charge in [-0.3, -0.25) is 0 Å². The zero-order chi connectivity index (χ0) is 20.4. The van der Waals surface area contributed by atoms with Gasteiger partial charge in [-0.15, -0.1) is 5.10 Å². The summed E-state index contributed by atoms with van der Waals surface area (Å²) < 4.78 is 2.02. The largest absolute Gasteiger partial charge is 0.245 e. The maximum absolute atomic E-state index is 4.76. The molecule has 0 aliphatic heterocycles. The summed E-state index contributed by atoms with van der Waals surface area (Å²) in [6, 6.07) is 16.6. The summed E-state index contributed by atoms with van der Waals surface area (Å²) in [5, 5.41) is 19.0. The fraction of sp³-hybridized carbons (Fsp3) is 0.318. The van der Waals surface area contributed by atoms with E-state index in [9.17, 15) is 0 Å². The van der Waals surface area contributed by atoms with E-state index < -0.39 is 0 Å². The van der Waals surface area contributed by atoms with Crippen molar-refractivity contribution >= 4 is 0 Å². The molecule has 0 aliphatic rings. The highest BCUT2D eigenvalue weighted by molar-refractivity contribution is 5.80. The highest BCUT2D eigenvalue weighted by Crippen LogP contribution is 2.30. The first-order valence-corrected chi connectivity index (χ1v) is 9.82. The van der Waals surface area contributed by atoms with Crippen LogP contribution in [0.1, 0.15) is 44.9 Å². The van der Waals surface area contributed by atoms with Gasteiger partial charge in [0.15, 0.2) is 11.6 Å².